The van der Waals surface area contributed by atoms with E-state index in [0.717, 1.165) is 16.9 Å². The van der Waals surface area contributed by atoms with Gasteiger partial charge in [-0.2, -0.15) is 23.3 Å². The van der Waals surface area contributed by atoms with E-state index in [1.807, 2.05) is 0 Å². The molecule has 0 saturated heterocycles. The smallest absolute Gasteiger partial charge is 0.435 e. The summed E-state index contributed by atoms with van der Waals surface area (Å²) in [6, 6.07) is 7.73. The second-order valence-electron chi connectivity index (χ2n) is 5.30. The van der Waals surface area contributed by atoms with Crippen LogP contribution in [-0.2, 0) is 28.9 Å². The van der Waals surface area contributed by atoms with Crippen LogP contribution in [0.3, 0.4) is 0 Å². The maximum absolute atomic E-state index is 12.5. The number of hydrogen-bond donors (Lipinski definition) is 0. The van der Waals surface area contributed by atoms with E-state index in [0.29, 0.717) is 11.3 Å². The Kier molecular flexibility index (Phi) is 5.10. The van der Waals surface area contributed by atoms with Gasteiger partial charge in [-0.15, -0.1) is 0 Å². The highest BCUT2D eigenvalue weighted by atomic mass is 19.4. The Hall–Kier alpha value is -3.37. The third kappa shape index (κ3) is 4.63. The third-order valence-electron chi connectivity index (χ3n) is 3.37. The van der Waals surface area contributed by atoms with E-state index in [-0.39, 0.29) is 18.3 Å². The van der Waals surface area contributed by atoms with Gasteiger partial charge in [-0.1, -0.05) is 17.3 Å². The Morgan fingerprint density at radius 1 is 1.30 bits per heavy atom. The van der Waals surface area contributed by atoms with E-state index in [1.165, 1.54) is 7.11 Å². The van der Waals surface area contributed by atoms with Gasteiger partial charge in [0.05, 0.1) is 7.11 Å². The number of methoxy groups -OCH3 is 1. The third-order valence-corrected chi connectivity index (χ3v) is 3.37. The quantitative estimate of drug-likeness (QED) is 0.605. The molecule has 1 aromatic carbocycles. The molecule has 3 aromatic rings. The zero-order valence-corrected chi connectivity index (χ0v) is 13.9. The van der Waals surface area contributed by atoms with Gasteiger partial charge in [0.2, 0.25) is 5.82 Å². The van der Waals surface area contributed by atoms with Crippen molar-refractivity contribution < 1.29 is 32.0 Å². The molecule has 0 spiro atoms. The number of nitrogens with zero attached hydrogens (tertiary/aromatic N) is 4. The summed E-state index contributed by atoms with van der Waals surface area (Å²) in [6.07, 6.45) is -3.53. The van der Waals surface area contributed by atoms with Crippen LogP contribution in [0.4, 0.5) is 13.2 Å². The molecule has 27 heavy (non-hydrogen) atoms. The van der Waals surface area contributed by atoms with Crippen LogP contribution < -0.4 is 4.74 Å². The molecule has 8 nitrogen and oxygen atoms in total. The van der Waals surface area contributed by atoms with Gasteiger partial charge >= 0.3 is 12.1 Å². The molecule has 0 N–H and O–H groups in total. The van der Waals surface area contributed by atoms with Crippen LogP contribution in [0.1, 0.15) is 11.6 Å². The highest BCUT2D eigenvalue weighted by Gasteiger charge is 2.33. The molecule has 0 fully saturated rings. The van der Waals surface area contributed by atoms with Crippen molar-refractivity contribution in [1.29, 1.82) is 0 Å². The van der Waals surface area contributed by atoms with Crippen molar-refractivity contribution in [2.75, 3.05) is 7.11 Å². The van der Waals surface area contributed by atoms with E-state index >= 15 is 0 Å². The monoisotopic (exact) mass is 382 g/mol. The van der Waals surface area contributed by atoms with Crippen molar-refractivity contribution in [2.45, 2.75) is 19.3 Å². The minimum Gasteiger partial charge on any atom is -0.497 e. The molecule has 0 amide bonds. The number of benzene rings is 1. The second kappa shape index (κ2) is 7.48. The van der Waals surface area contributed by atoms with Gasteiger partial charge in [0.25, 0.3) is 5.89 Å². The van der Waals surface area contributed by atoms with Crippen LogP contribution in [0.2, 0.25) is 0 Å². The number of hydrogen-bond acceptors (Lipinski definition) is 7. The summed E-state index contributed by atoms with van der Waals surface area (Å²) < 4.78 is 53.3. The van der Waals surface area contributed by atoms with Crippen LogP contribution in [0, 0.1) is 0 Å². The predicted octanol–water partition coefficient (Wildman–Crippen LogP) is 2.70. The number of rotatable bonds is 6. The zero-order valence-electron chi connectivity index (χ0n) is 13.9. The zero-order chi connectivity index (χ0) is 19.4. The van der Waals surface area contributed by atoms with E-state index < -0.39 is 24.4 Å². The predicted molar refractivity (Wildman–Crippen MR) is 83.3 cm³/mol. The number of carbonyl (C=O) groups excluding carboxylic acids is 1. The Bertz CT molecular complexity index is 936. The molecule has 0 atom stereocenters. The van der Waals surface area contributed by atoms with E-state index in [2.05, 4.69) is 15.2 Å². The standard InChI is InChI=1S/C16H13F3N4O4/c1-25-11-4-2-3-10(7-11)15-20-13(27-22-15)9-26-14(24)8-23-6-5-12(21-23)16(17,18)19/h2-7H,8-9H2,1H3. The molecule has 2 heterocycles. The summed E-state index contributed by atoms with van der Waals surface area (Å²) in [7, 11) is 1.53. The molecule has 3 rings (SSSR count). The first-order valence-corrected chi connectivity index (χ1v) is 7.58. The Morgan fingerprint density at radius 2 is 2.11 bits per heavy atom. The van der Waals surface area contributed by atoms with Crippen LogP contribution in [-0.4, -0.2) is 33.0 Å². The van der Waals surface area contributed by atoms with E-state index in [9.17, 15) is 18.0 Å². The molecule has 142 valence electrons. The maximum atomic E-state index is 12.5. The van der Waals surface area contributed by atoms with Gasteiger partial charge < -0.3 is 14.0 Å². The lowest BCUT2D eigenvalue weighted by molar-refractivity contribution is -0.148. The lowest BCUT2D eigenvalue weighted by Gasteiger charge is -2.03. The molecular weight excluding hydrogens is 369 g/mol. The number of ether oxygens (including phenoxy) is 2. The molecule has 0 saturated carbocycles. The minimum absolute atomic E-state index is 0.0395. The molecule has 0 aliphatic carbocycles. The topological polar surface area (TPSA) is 92.3 Å². The Morgan fingerprint density at radius 3 is 2.81 bits per heavy atom. The molecule has 0 unspecified atom stereocenters. The number of aromatic nitrogens is 4. The van der Waals surface area contributed by atoms with E-state index in [4.69, 9.17) is 14.0 Å². The lowest BCUT2D eigenvalue weighted by Crippen LogP contribution is -2.15. The summed E-state index contributed by atoms with van der Waals surface area (Å²) in [6.45, 7) is -0.795. The molecule has 0 radical (unpaired) electrons. The average molecular weight is 382 g/mol. The first-order chi connectivity index (χ1) is 12.8. The largest absolute Gasteiger partial charge is 0.497 e. The highest BCUT2D eigenvalue weighted by molar-refractivity contribution is 5.69. The summed E-state index contributed by atoms with van der Waals surface area (Å²) in [5.74, 6) is 0.134. The molecule has 2 aromatic heterocycles. The van der Waals surface area contributed by atoms with E-state index in [1.54, 1.807) is 24.3 Å². The van der Waals surface area contributed by atoms with Gasteiger partial charge in [0.15, 0.2) is 12.3 Å². The minimum atomic E-state index is -4.57. The summed E-state index contributed by atoms with van der Waals surface area (Å²) in [5.41, 5.74) is -0.443. The van der Waals surface area contributed by atoms with Gasteiger partial charge in [0.1, 0.15) is 12.3 Å². The van der Waals surface area contributed by atoms with Crippen molar-refractivity contribution in [3.63, 3.8) is 0 Å². The van der Waals surface area contributed by atoms with Crippen LogP contribution in [0.15, 0.2) is 41.1 Å². The van der Waals surface area contributed by atoms with Crippen molar-refractivity contribution in [1.82, 2.24) is 19.9 Å². The van der Waals surface area contributed by atoms with Crippen molar-refractivity contribution in [3.05, 3.63) is 48.1 Å². The normalized spacial score (nSPS) is 11.4. The number of esters is 1. The number of alkyl halides is 3. The summed E-state index contributed by atoms with van der Waals surface area (Å²) in [5, 5.41) is 7.04. The molecule has 0 aliphatic rings. The Balaban J connectivity index is 1.56. The number of carbonyl (C=O) groups is 1. The molecule has 0 aliphatic heterocycles. The van der Waals surface area contributed by atoms with Crippen LogP contribution in [0.25, 0.3) is 11.4 Å². The fraction of sp³-hybridized carbons (Fsp3) is 0.250. The first kappa shape index (κ1) is 18.4. The fourth-order valence-corrected chi connectivity index (χ4v) is 2.11. The summed E-state index contributed by atoms with van der Waals surface area (Å²) in [4.78, 5) is 15.8. The van der Waals surface area contributed by atoms with Crippen LogP contribution in [0.5, 0.6) is 5.75 Å². The van der Waals surface area contributed by atoms with Crippen molar-refractivity contribution in [2.24, 2.45) is 0 Å². The molecule has 0 bridgehead atoms. The van der Waals surface area contributed by atoms with Crippen LogP contribution >= 0.6 is 0 Å². The summed E-state index contributed by atoms with van der Waals surface area (Å²) >= 11 is 0. The molecule has 11 heteroatoms. The van der Waals surface area contributed by atoms with Crippen molar-refractivity contribution in [3.8, 4) is 17.1 Å². The molecular formula is C16H13F3N4O4. The van der Waals surface area contributed by atoms with Crippen molar-refractivity contribution >= 4 is 5.97 Å². The maximum Gasteiger partial charge on any atom is 0.435 e. The van der Waals surface area contributed by atoms with Gasteiger partial charge in [-0.05, 0) is 18.2 Å². The fourth-order valence-electron chi connectivity index (χ4n) is 2.11. The number of halogens is 3. The first-order valence-electron chi connectivity index (χ1n) is 7.58. The van der Waals surface area contributed by atoms with Gasteiger partial charge in [-0.3, -0.25) is 9.48 Å². The lowest BCUT2D eigenvalue weighted by atomic mass is 10.2. The van der Waals surface area contributed by atoms with Gasteiger partial charge in [0, 0.05) is 11.8 Å². The average Bonchev–Trinajstić information content (AvgIpc) is 3.29. The SMILES string of the molecule is COc1cccc(-c2noc(COC(=O)Cn3ccc(C(F)(F)F)n3)n2)c1. The Labute approximate surface area is 150 Å². The second-order valence-corrected chi connectivity index (χ2v) is 5.30. The van der Waals surface area contributed by atoms with Gasteiger partial charge in [-0.25, -0.2) is 0 Å². The highest BCUT2D eigenvalue weighted by Crippen LogP contribution is 2.27.